The van der Waals surface area contributed by atoms with Gasteiger partial charge in [0.15, 0.2) is 0 Å². The topological polar surface area (TPSA) is 40.5 Å². The van der Waals surface area contributed by atoms with Crippen molar-refractivity contribution in [3.8, 4) is 0 Å². The average molecular weight is 646 g/mol. The summed E-state index contributed by atoms with van der Waals surface area (Å²) in [5, 5.41) is 20.5. The zero-order chi connectivity index (χ0) is 30.1. The van der Waals surface area contributed by atoms with Crippen molar-refractivity contribution in [2.24, 2.45) is 0 Å². The minimum Gasteiger partial charge on any atom is -0.397 e. The van der Waals surface area contributed by atoms with Crippen LogP contribution < -0.4 is 0 Å². The molecule has 0 saturated heterocycles. The normalized spacial score (nSPS) is 10.0. The molecular formula is C40H42O2Zr. The fourth-order valence-electron chi connectivity index (χ4n) is 3.77. The number of benzene rings is 4. The van der Waals surface area contributed by atoms with Crippen molar-refractivity contribution < 1.29 is 36.4 Å². The molecule has 0 radical (unpaired) electrons. The maximum atomic E-state index is 7.57. The molecule has 3 heteroatoms. The first kappa shape index (κ1) is 37.3. The number of rotatable bonds is 2. The molecule has 1 aliphatic rings. The predicted octanol–water partition coefficient (Wildman–Crippen LogP) is 9.71. The molecular weight excluding hydrogens is 604 g/mol. The Morgan fingerprint density at radius 1 is 0.605 bits per heavy atom. The summed E-state index contributed by atoms with van der Waals surface area (Å²) < 4.78 is 0. The van der Waals surface area contributed by atoms with Gasteiger partial charge >= 0.3 is 26.2 Å². The number of fused-ring (bicyclic) bond motifs is 2. The molecule has 0 unspecified atom stereocenters. The Balaban J connectivity index is 0.000000277. The summed E-state index contributed by atoms with van der Waals surface area (Å²) in [5.41, 5.74) is 2.49. The zero-order valence-corrected chi connectivity index (χ0v) is 27.6. The molecule has 0 fully saturated rings. The van der Waals surface area contributed by atoms with Gasteiger partial charge in [0, 0.05) is 13.2 Å². The predicted molar refractivity (Wildman–Crippen MR) is 182 cm³/mol. The van der Waals surface area contributed by atoms with Gasteiger partial charge in [0.1, 0.15) is 0 Å². The molecule has 0 aromatic heterocycles. The Hall–Kier alpha value is -3.75. The molecule has 218 valence electrons. The van der Waals surface area contributed by atoms with E-state index in [1.807, 2.05) is 24.3 Å². The summed E-state index contributed by atoms with van der Waals surface area (Å²) >= 11 is 0. The van der Waals surface area contributed by atoms with Crippen LogP contribution in [0.4, 0.5) is 0 Å². The van der Waals surface area contributed by atoms with Crippen molar-refractivity contribution in [3.63, 3.8) is 0 Å². The Morgan fingerprint density at radius 2 is 1.00 bits per heavy atom. The summed E-state index contributed by atoms with van der Waals surface area (Å²) in [7, 11) is 0. The van der Waals surface area contributed by atoms with E-state index in [1.165, 1.54) is 32.7 Å². The molecule has 0 amide bonds. The average Bonchev–Trinajstić information content (AvgIpc) is 3.84. The molecule has 6 aromatic carbocycles. The van der Waals surface area contributed by atoms with Crippen molar-refractivity contribution in [2.45, 2.75) is 20.3 Å². The van der Waals surface area contributed by atoms with Crippen LogP contribution in [-0.4, -0.2) is 23.4 Å². The molecule has 1 aliphatic carbocycles. The first-order valence-electron chi connectivity index (χ1n) is 14.3. The van der Waals surface area contributed by atoms with Crippen molar-refractivity contribution in [1.82, 2.24) is 0 Å². The van der Waals surface area contributed by atoms with Gasteiger partial charge in [0.05, 0.1) is 0 Å². The van der Waals surface area contributed by atoms with Crippen LogP contribution in [0.1, 0.15) is 31.4 Å². The molecule has 2 N–H and O–H groups in total. The Labute approximate surface area is 277 Å². The van der Waals surface area contributed by atoms with Crippen molar-refractivity contribution in [2.75, 3.05) is 13.2 Å². The van der Waals surface area contributed by atoms with Crippen LogP contribution in [0.2, 0.25) is 0 Å². The third-order valence-corrected chi connectivity index (χ3v) is 5.61. The summed E-state index contributed by atoms with van der Waals surface area (Å²) in [6.45, 7) is 3.86. The van der Waals surface area contributed by atoms with E-state index in [2.05, 4.69) is 152 Å². The monoisotopic (exact) mass is 644 g/mol. The van der Waals surface area contributed by atoms with E-state index in [4.69, 9.17) is 10.2 Å². The summed E-state index contributed by atoms with van der Waals surface area (Å²) in [6, 6.07) is 50.0. The smallest absolute Gasteiger partial charge is 0.397 e. The number of aliphatic hydroxyl groups excluding tert-OH is 2. The molecule has 0 bridgehead atoms. The van der Waals surface area contributed by atoms with Gasteiger partial charge in [-0.15, -0.1) is 108 Å². The number of hydrogen-bond acceptors (Lipinski definition) is 2. The van der Waals surface area contributed by atoms with Crippen LogP contribution in [0, 0.1) is 12.5 Å². The van der Waals surface area contributed by atoms with E-state index in [-0.39, 0.29) is 39.4 Å². The number of aliphatic hydroxyl groups is 2. The van der Waals surface area contributed by atoms with E-state index >= 15 is 0 Å². The Morgan fingerprint density at radius 3 is 1.33 bits per heavy atom. The maximum absolute atomic E-state index is 7.57. The fourth-order valence-corrected chi connectivity index (χ4v) is 3.77. The zero-order valence-electron chi connectivity index (χ0n) is 25.2. The van der Waals surface area contributed by atoms with Gasteiger partial charge in [-0.3, -0.25) is 6.08 Å². The van der Waals surface area contributed by atoms with E-state index in [1.54, 1.807) is 13.8 Å². The molecule has 0 aliphatic heterocycles. The molecule has 43 heavy (non-hydrogen) atoms. The summed E-state index contributed by atoms with van der Waals surface area (Å²) in [4.78, 5) is 0. The second-order valence-corrected chi connectivity index (χ2v) is 8.91. The van der Waals surface area contributed by atoms with Gasteiger partial charge in [0.2, 0.25) is 0 Å². The van der Waals surface area contributed by atoms with Gasteiger partial charge in [-0.1, -0.05) is 48.5 Å². The second kappa shape index (κ2) is 24.8. The van der Waals surface area contributed by atoms with Crippen molar-refractivity contribution in [1.29, 1.82) is 0 Å². The standard InChI is InChI=1S/C13H11.2C9H7.C5H5.2C2H6O.Zr/c1-3-7-12(8-4-1)11-13-9-5-2-6-10-13;2*1-2-5-9-7-3-6-8(9)4-1;1-2-4-5-3-1;2*1-2-3;/h1-11H;2*1-7H;1-3H,4H2;2*3H,2H2,1H3;/q4*-1;;;+4. The van der Waals surface area contributed by atoms with E-state index in [0.29, 0.717) is 0 Å². The quantitative estimate of drug-likeness (QED) is 0.184. The van der Waals surface area contributed by atoms with Gasteiger partial charge in [-0.25, -0.2) is 12.2 Å². The molecule has 7 rings (SSSR count). The van der Waals surface area contributed by atoms with E-state index < -0.39 is 0 Å². The summed E-state index contributed by atoms with van der Waals surface area (Å²) in [6.07, 6.45) is 12.2. The molecule has 2 nitrogen and oxygen atoms in total. The van der Waals surface area contributed by atoms with Crippen LogP contribution in [0.5, 0.6) is 0 Å². The molecule has 0 atom stereocenters. The van der Waals surface area contributed by atoms with Crippen LogP contribution >= 0.6 is 0 Å². The van der Waals surface area contributed by atoms with E-state index in [0.717, 1.165) is 6.42 Å². The van der Waals surface area contributed by atoms with Crippen molar-refractivity contribution >= 4 is 21.5 Å². The van der Waals surface area contributed by atoms with Gasteiger partial charge < -0.3 is 10.2 Å². The largest absolute Gasteiger partial charge is 4.00 e. The summed E-state index contributed by atoms with van der Waals surface area (Å²) in [5.74, 6) is 0. The maximum Gasteiger partial charge on any atom is 4.00 e. The van der Waals surface area contributed by atoms with Crippen LogP contribution in [0.3, 0.4) is 0 Å². The van der Waals surface area contributed by atoms with Gasteiger partial charge in [-0.05, 0) is 13.8 Å². The Bertz CT molecular complexity index is 1340. The Kier molecular flexibility index (Phi) is 21.5. The SMILES string of the molecule is CCO.CCO.[C-]1=CC=CC1.[Zr+4].c1ccc([CH-]c2ccccc2)cc1.c1ccc2[cH-]ccc2c1.c1ccc2[cH-]ccc2c1. The van der Waals surface area contributed by atoms with E-state index in [9.17, 15) is 0 Å². The van der Waals surface area contributed by atoms with Crippen LogP contribution in [-0.2, 0) is 26.2 Å². The minimum atomic E-state index is 0. The molecule has 0 spiro atoms. The van der Waals surface area contributed by atoms with Gasteiger partial charge in [-0.2, -0.15) is 41.1 Å². The molecule has 0 heterocycles. The number of allylic oxidation sites excluding steroid dienone is 4. The third kappa shape index (κ3) is 16.5. The minimum absolute atomic E-state index is 0. The van der Waals surface area contributed by atoms with Crippen molar-refractivity contribution in [3.05, 3.63) is 187 Å². The molecule has 6 aromatic rings. The number of hydrogen-bond donors (Lipinski definition) is 2. The van der Waals surface area contributed by atoms with Gasteiger partial charge in [0.25, 0.3) is 0 Å². The first-order chi connectivity index (χ1) is 20.7. The molecule has 0 saturated carbocycles. The first-order valence-corrected chi connectivity index (χ1v) is 14.3. The van der Waals surface area contributed by atoms with Crippen LogP contribution in [0.25, 0.3) is 21.5 Å². The van der Waals surface area contributed by atoms with Crippen LogP contribution in [0.15, 0.2) is 164 Å². The fraction of sp³-hybridized carbons (Fsp3) is 0.125. The second-order valence-electron chi connectivity index (χ2n) is 8.91. The third-order valence-electron chi connectivity index (χ3n) is 5.61.